The summed E-state index contributed by atoms with van der Waals surface area (Å²) in [5.41, 5.74) is -0.200. The Kier molecular flexibility index (Phi) is 15.2. The van der Waals surface area contributed by atoms with Gasteiger partial charge in [0, 0.05) is 29.8 Å². The van der Waals surface area contributed by atoms with Crippen LogP contribution in [-0.4, -0.2) is 79.4 Å². The Labute approximate surface area is 286 Å². The van der Waals surface area contributed by atoms with Gasteiger partial charge in [0.1, 0.15) is 23.0 Å². The highest BCUT2D eigenvalue weighted by Gasteiger charge is 2.28. The molecule has 1 aromatic carbocycles. The molecule has 1 aliphatic carbocycles. The second-order valence-corrected chi connectivity index (χ2v) is 13.2. The van der Waals surface area contributed by atoms with Gasteiger partial charge in [0.25, 0.3) is 0 Å². The van der Waals surface area contributed by atoms with Gasteiger partial charge in [0.2, 0.25) is 13.2 Å². The van der Waals surface area contributed by atoms with Gasteiger partial charge >= 0.3 is 24.0 Å². The number of nitrogens with zero attached hydrogens (tertiary/aromatic N) is 1. The van der Waals surface area contributed by atoms with E-state index < -0.39 is 48.0 Å². The molecule has 14 heteroatoms. The van der Waals surface area contributed by atoms with E-state index in [9.17, 15) is 28.8 Å². The summed E-state index contributed by atoms with van der Waals surface area (Å²) in [6, 6.07) is 6.72. The van der Waals surface area contributed by atoms with Crippen LogP contribution in [0, 0.1) is 12.8 Å². The van der Waals surface area contributed by atoms with Crippen molar-refractivity contribution in [1.82, 2.24) is 15.6 Å². The normalized spacial score (nSPS) is 13.0. The molecule has 268 valence electrons. The first kappa shape index (κ1) is 40.2. The van der Waals surface area contributed by atoms with Crippen LogP contribution >= 0.6 is 0 Å². The van der Waals surface area contributed by atoms with Crippen molar-refractivity contribution in [3.05, 3.63) is 47.3 Å². The number of amides is 2. The van der Waals surface area contributed by atoms with E-state index in [1.165, 1.54) is 20.0 Å². The number of rotatable bonds is 14. The molecule has 0 spiro atoms. The third-order valence-electron chi connectivity index (χ3n) is 6.52. The minimum atomic E-state index is -1.30. The third-order valence-corrected chi connectivity index (χ3v) is 6.52. The molecule has 0 radical (unpaired) electrons. The van der Waals surface area contributed by atoms with Crippen LogP contribution < -0.4 is 15.4 Å². The van der Waals surface area contributed by atoms with E-state index in [4.69, 9.17) is 23.7 Å². The van der Waals surface area contributed by atoms with Gasteiger partial charge in [-0.05, 0) is 103 Å². The quantitative estimate of drug-likeness (QED) is 0.121. The Morgan fingerprint density at radius 3 is 2.18 bits per heavy atom. The van der Waals surface area contributed by atoms with E-state index in [0.29, 0.717) is 34.4 Å². The number of aryl methyl sites for hydroxylation is 1. The Hall–Kier alpha value is -5.01. The fourth-order valence-electron chi connectivity index (χ4n) is 4.13. The number of benzene rings is 1. The van der Waals surface area contributed by atoms with Gasteiger partial charge in [-0.25, -0.2) is 19.4 Å². The van der Waals surface area contributed by atoms with Gasteiger partial charge < -0.3 is 34.3 Å². The molecule has 1 aromatic heterocycles. The van der Waals surface area contributed by atoms with Crippen molar-refractivity contribution in [2.75, 3.05) is 20.4 Å². The van der Waals surface area contributed by atoms with Crippen LogP contribution in [0.1, 0.15) is 93.8 Å². The monoisotopic (exact) mass is 685 g/mol. The standard InChI is InChI=1S/C30H38N2O10.C5H9NO/c1-18-9-12-21(22-15-20(38-8)11-10-19(22)16-33)25(31-18)27(36)40-17-39-26(35)23(32-28(37)42-30(5,6)7)13-14-24(34)41-29(2,3)4;7-4-6-3-5-1-2-5/h9-12,15-16,23H,13-14,17H2,1-8H3,(H,32,37);4-5H,1-3H2,(H,6,7). The number of esters is 3. The van der Waals surface area contributed by atoms with E-state index >= 15 is 0 Å². The van der Waals surface area contributed by atoms with Crippen molar-refractivity contribution < 1.29 is 52.5 Å². The number of carbonyl (C=O) groups is 6. The lowest BCUT2D eigenvalue weighted by Gasteiger charge is -2.23. The van der Waals surface area contributed by atoms with Crippen molar-refractivity contribution in [3.8, 4) is 16.9 Å². The highest BCUT2D eigenvalue weighted by molar-refractivity contribution is 5.99. The molecule has 1 unspecified atom stereocenters. The van der Waals surface area contributed by atoms with E-state index in [0.717, 1.165) is 18.9 Å². The van der Waals surface area contributed by atoms with E-state index in [2.05, 4.69) is 15.6 Å². The molecule has 1 aliphatic rings. The van der Waals surface area contributed by atoms with Gasteiger partial charge in [0.15, 0.2) is 12.0 Å². The number of aldehydes is 1. The van der Waals surface area contributed by atoms with Crippen LogP contribution in [0.3, 0.4) is 0 Å². The molecule has 2 amide bonds. The summed E-state index contributed by atoms with van der Waals surface area (Å²) < 4.78 is 26.0. The van der Waals surface area contributed by atoms with Crippen molar-refractivity contribution in [3.63, 3.8) is 0 Å². The minimum Gasteiger partial charge on any atom is -0.497 e. The fourth-order valence-corrected chi connectivity index (χ4v) is 4.13. The molecular weight excluding hydrogens is 638 g/mol. The van der Waals surface area contributed by atoms with Gasteiger partial charge in [-0.2, -0.15) is 0 Å². The van der Waals surface area contributed by atoms with Gasteiger partial charge in [0.05, 0.1) is 7.11 Å². The fraction of sp³-hybridized carbons (Fsp3) is 0.514. The minimum absolute atomic E-state index is 0.115. The summed E-state index contributed by atoms with van der Waals surface area (Å²) >= 11 is 0. The predicted molar refractivity (Wildman–Crippen MR) is 178 cm³/mol. The second kappa shape index (κ2) is 18.5. The maximum Gasteiger partial charge on any atom is 0.408 e. The number of pyridine rings is 1. The van der Waals surface area contributed by atoms with Crippen LogP contribution in [0.2, 0.25) is 0 Å². The summed E-state index contributed by atoms with van der Waals surface area (Å²) in [6.07, 6.45) is 2.75. The Bertz CT molecular complexity index is 1470. The zero-order valence-corrected chi connectivity index (χ0v) is 29.4. The summed E-state index contributed by atoms with van der Waals surface area (Å²) in [6.45, 7) is 11.8. The lowest BCUT2D eigenvalue weighted by Crippen LogP contribution is -2.44. The largest absolute Gasteiger partial charge is 0.497 e. The van der Waals surface area contributed by atoms with Gasteiger partial charge in [-0.3, -0.25) is 14.4 Å². The summed E-state index contributed by atoms with van der Waals surface area (Å²) in [7, 11) is 1.47. The average Bonchev–Trinajstić information content (AvgIpc) is 3.84. The number of aromatic nitrogens is 1. The Morgan fingerprint density at radius 2 is 1.61 bits per heavy atom. The number of nitrogens with one attached hydrogen (secondary N) is 2. The SMILES string of the molecule is COc1ccc(C=O)c(-c2ccc(C)nc2C(=O)OCOC(=O)C(CCC(=O)OC(C)(C)C)NC(=O)OC(C)(C)C)c1.O=CNCC1CC1. The number of alkyl carbamates (subject to hydrolysis) is 1. The topological polar surface area (TPSA) is 186 Å². The zero-order valence-electron chi connectivity index (χ0n) is 29.4. The Balaban J connectivity index is 0.00000105. The Morgan fingerprint density at radius 1 is 0.939 bits per heavy atom. The van der Waals surface area contributed by atoms with Gasteiger partial charge in [-0.15, -0.1) is 0 Å². The van der Waals surface area contributed by atoms with Crippen LogP contribution in [0.4, 0.5) is 4.79 Å². The van der Waals surface area contributed by atoms with Crippen molar-refractivity contribution in [2.45, 2.75) is 91.4 Å². The molecule has 14 nitrogen and oxygen atoms in total. The summed E-state index contributed by atoms with van der Waals surface area (Å²) in [5, 5.41) is 5.01. The molecular formula is C35H47N3O11. The summed E-state index contributed by atoms with van der Waals surface area (Å²) in [5.74, 6) is -1.20. The summed E-state index contributed by atoms with van der Waals surface area (Å²) in [4.78, 5) is 76.0. The molecule has 1 atom stereocenters. The average molecular weight is 686 g/mol. The lowest BCUT2D eigenvalue weighted by molar-refractivity contribution is -0.157. The number of hydrogen-bond acceptors (Lipinski definition) is 12. The molecule has 2 aromatic rings. The first-order valence-electron chi connectivity index (χ1n) is 15.8. The van der Waals surface area contributed by atoms with Crippen molar-refractivity contribution in [2.24, 2.45) is 5.92 Å². The van der Waals surface area contributed by atoms with Crippen molar-refractivity contribution >= 4 is 36.7 Å². The molecule has 2 N–H and O–H groups in total. The highest BCUT2D eigenvalue weighted by Crippen LogP contribution is 2.30. The third kappa shape index (κ3) is 15.2. The van der Waals surface area contributed by atoms with Crippen LogP contribution in [0.5, 0.6) is 5.75 Å². The second-order valence-electron chi connectivity index (χ2n) is 13.2. The highest BCUT2D eigenvalue weighted by atomic mass is 16.7. The number of ether oxygens (including phenoxy) is 5. The first-order valence-corrected chi connectivity index (χ1v) is 15.8. The molecule has 1 heterocycles. The molecule has 0 aliphatic heterocycles. The predicted octanol–water partition coefficient (Wildman–Crippen LogP) is 4.69. The lowest BCUT2D eigenvalue weighted by atomic mass is 9.98. The molecule has 49 heavy (non-hydrogen) atoms. The molecule has 1 fully saturated rings. The molecule has 0 bridgehead atoms. The molecule has 1 saturated carbocycles. The van der Waals surface area contributed by atoms with Crippen LogP contribution in [0.25, 0.3) is 11.1 Å². The van der Waals surface area contributed by atoms with E-state index in [-0.39, 0.29) is 18.5 Å². The number of carbonyl (C=O) groups excluding carboxylic acids is 6. The maximum absolute atomic E-state index is 13.0. The smallest absolute Gasteiger partial charge is 0.408 e. The van der Waals surface area contributed by atoms with E-state index in [1.807, 2.05) is 0 Å². The van der Waals surface area contributed by atoms with Crippen LogP contribution in [-0.2, 0) is 33.3 Å². The van der Waals surface area contributed by atoms with Crippen LogP contribution in [0.15, 0.2) is 30.3 Å². The number of hydrogen-bond donors (Lipinski definition) is 2. The maximum atomic E-state index is 13.0. The zero-order chi connectivity index (χ0) is 36.8. The van der Waals surface area contributed by atoms with E-state index in [1.54, 1.807) is 78.8 Å². The van der Waals surface area contributed by atoms with Crippen molar-refractivity contribution in [1.29, 1.82) is 0 Å². The number of methoxy groups -OCH3 is 1. The molecule has 3 rings (SSSR count). The van der Waals surface area contributed by atoms with Gasteiger partial charge in [-0.1, -0.05) is 6.07 Å². The molecule has 0 saturated heterocycles. The first-order chi connectivity index (χ1) is 23.0.